The third-order valence-corrected chi connectivity index (χ3v) is 2.45. The maximum Gasteiger partial charge on any atom is 0.320 e. The van der Waals surface area contributed by atoms with E-state index in [1.54, 1.807) is 0 Å². The Bertz CT molecular complexity index is 270. The van der Waals surface area contributed by atoms with Crippen LogP contribution in [0.4, 0.5) is 8.78 Å². The van der Waals surface area contributed by atoms with Gasteiger partial charge in [0.2, 0.25) is 6.43 Å². The molecule has 0 spiro atoms. The molecule has 0 aromatic rings. The standard InChI is InChI=1S/C6H12O4.C4H7F2NO2.C2H6/c7-3-5-6(9)4(8)1-2-10-5;5-3(6)1-2(7)4(8)9;1-2/h4-9H,1-3H2;2-3H,1,7H2,(H,8,9);1-2H3. The molecule has 1 fully saturated rings. The van der Waals surface area contributed by atoms with Crippen molar-refractivity contribution in [3.8, 4) is 0 Å². The number of rotatable bonds is 4. The lowest BCUT2D eigenvalue weighted by molar-refractivity contribution is -0.147. The van der Waals surface area contributed by atoms with Gasteiger partial charge in [-0.15, -0.1) is 0 Å². The minimum atomic E-state index is -2.64. The number of halogens is 2. The van der Waals surface area contributed by atoms with Crippen LogP contribution in [0.3, 0.4) is 0 Å². The van der Waals surface area contributed by atoms with E-state index >= 15 is 0 Å². The van der Waals surface area contributed by atoms with Gasteiger partial charge >= 0.3 is 5.97 Å². The summed E-state index contributed by atoms with van der Waals surface area (Å²) in [6.45, 7) is 4.17. The summed E-state index contributed by atoms with van der Waals surface area (Å²) in [4.78, 5) is 9.78. The summed E-state index contributed by atoms with van der Waals surface area (Å²) in [5.74, 6) is -1.39. The highest BCUT2D eigenvalue weighted by Gasteiger charge is 2.30. The molecular formula is C12H25F2NO6. The van der Waals surface area contributed by atoms with Gasteiger partial charge < -0.3 is 30.9 Å². The molecule has 1 aliphatic rings. The third kappa shape index (κ3) is 10.5. The van der Waals surface area contributed by atoms with Gasteiger partial charge in [0.15, 0.2) is 0 Å². The largest absolute Gasteiger partial charge is 0.480 e. The van der Waals surface area contributed by atoms with Crippen LogP contribution in [0.1, 0.15) is 26.7 Å². The lowest BCUT2D eigenvalue weighted by Gasteiger charge is -2.30. The molecule has 128 valence electrons. The fourth-order valence-electron chi connectivity index (χ4n) is 1.31. The zero-order valence-electron chi connectivity index (χ0n) is 12.2. The Morgan fingerprint density at radius 2 is 1.90 bits per heavy atom. The highest BCUT2D eigenvalue weighted by Crippen LogP contribution is 2.13. The molecular weight excluding hydrogens is 292 g/mol. The molecule has 0 amide bonds. The molecule has 1 heterocycles. The van der Waals surface area contributed by atoms with Gasteiger partial charge in [-0.3, -0.25) is 4.79 Å². The Morgan fingerprint density at radius 1 is 1.38 bits per heavy atom. The van der Waals surface area contributed by atoms with Crippen LogP contribution in [0.5, 0.6) is 0 Å². The van der Waals surface area contributed by atoms with Crippen molar-refractivity contribution in [2.75, 3.05) is 13.2 Å². The molecule has 1 aliphatic heterocycles. The smallest absolute Gasteiger partial charge is 0.320 e. The number of aliphatic carboxylic acids is 1. The number of aliphatic hydroxyl groups is 3. The van der Waals surface area contributed by atoms with Crippen LogP contribution in [0.15, 0.2) is 0 Å². The van der Waals surface area contributed by atoms with E-state index in [1.165, 1.54) is 0 Å². The first-order chi connectivity index (χ1) is 9.79. The van der Waals surface area contributed by atoms with Gasteiger partial charge in [-0.1, -0.05) is 13.8 Å². The number of carboxylic acids is 1. The first kappa shape index (κ1) is 22.4. The van der Waals surface area contributed by atoms with Gasteiger partial charge in [-0.05, 0) is 6.42 Å². The second-order valence-electron chi connectivity index (χ2n) is 4.01. The Hall–Kier alpha value is -0.870. The molecule has 0 aliphatic carbocycles. The summed E-state index contributed by atoms with van der Waals surface area (Å²) < 4.78 is 27.6. The molecule has 9 heteroatoms. The minimum absolute atomic E-state index is 0.238. The van der Waals surface area contributed by atoms with E-state index in [9.17, 15) is 13.6 Å². The Kier molecular flexibility index (Phi) is 13.7. The summed E-state index contributed by atoms with van der Waals surface area (Å²) in [6.07, 6.45) is -5.27. The fourth-order valence-corrected chi connectivity index (χ4v) is 1.31. The van der Waals surface area contributed by atoms with E-state index in [1.807, 2.05) is 13.8 Å². The van der Waals surface area contributed by atoms with Crippen LogP contribution in [0.2, 0.25) is 0 Å². The number of hydrogen-bond acceptors (Lipinski definition) is 6. The number of carboxylic acid groups (broad SMARTS) is 1. The first-order valence-corrected chi connectivity index (χ1v) is 6.64. The Balaban J connectivity index is 0. The second kappa shape index (κ2) is 12.8. The highest BCUT2D eigenvalue weighted by atomic mass is 19.3. The maximum absolute atomic E-state index is 11.3. The monoisotopic (exact) mass is 317 g/mol. The average Bonchev–Trinajstić information content (AvgIpc) is 2.44. The molecule has 4 atom stereocenters. The fraction of sp³-hybridized carbons (Fsp3) is 0.917. The zero-order valence-corrected chi connectivity index (χ0v) is 12.2. The Morgan fingerprint density at radius 3 is 2.19 bits per heavy atom. The van der Waals surface area contributed by atoms with Crippen molar-refractivity contribution in [3.05, 3.63) is 0 Å². The van der Waals surface area contributed by atoms with Crippen molar-refractivity contribution < 1.29 is 38.7 Å². The predicted octanol–water partition coefficient (Wildman–Crippen LogP) is -0.431. The Labute approximate surface area is 122 Å². The highest BCUT2D eigenvalue weighted by molar-refractivity contribution is 5.72. The summed E-state index contributed by atoms with van der Waals surface area (Å²) >= 11 is 0. The van der Waals surface area contributed by atoms with Crippen molar-refractivity contribution in [2.45, 2.75) is 57.5 Å². The molecule has 6 N–H and O–H groups in total. The van der Waals surface area contributed by atoms with Crippen molar-refractivity contribution >= 4 is 5.97 Å². The first-order valence-electron chi connectivity index (χ1n) is 6.64. The van der Waals surface area contributed by atoms with Gasteiger partial charge in [-0.25, -0.2) is 8.78 Å². The van der Waals surface area contributed by atoms with E-state index < -0.39 is 43.2 Å². The number of carbonyl (C=O) groups is 1. The third-order valence-electron chi connectivity index (χ3n) is 2.45. The maximum atomic E-state index is 11.3. The number of ether oxygens (including phenoxy) is 1. The van der Waals surface area contributed by atoms with Crippen molar-refractivity contribution in [2.24, 2.45) is 5.73 Å². The number of aliphatic hydroxyl groups excluding tert-OH is 3. The van der Waals surface area contributed by atoms with Crippen LogP contribution in [0.25, 0.3) is 0 Å². The van der Waals surface area contributed by atoms with Gasteiger partial charge in [0.25, 0.3) is 0 Å². The molecule has 0 aromatic heterocycles. The zero-order chi connectivity index (χ0) is 17.0. The van der Waals surface area contributed by atoms with E-state index in [0.29, 0.717) is 13.0 Å². The lowest BCUT2D eigenvalue weighted by Crippen LogP contribution is -2.46. The summed E-state index contributed by atoms with van der Waals surface area (Å²) in [5, 5.41) is 34.7. The minimum Gasteiger partial charge on any atom is -0.480 e. The van der Waals surface area contributed by atoms with Crippen molar-refractivity contribution in [1.82, 2.24) is 0 Å². The average molecular weight is 317 g/mol. The molecule has 21 heavy (non-hydrogen) atoms. The van der Waals surface area contributed by atoms with Crippen molar-refractivity contribution in [1.29, 1.82) is 0 Å². The SMILES string of the molecule is CC.NC(CC(F)F)C(=O)O.OCC1OCCC(O)C1O. The predicted molar refractivity (Wildman–Crippen MR) is 71.0 cm³/mol. The summed E-state index contributed by atoms with van der Waals surface area (Å²) in [7, 11) is 0. The van der Waals surface area contributed by atoms with Crippen molar-refractivity contribution in [3.63, 3.8) is 0 Å². The van der Waals surface area contributed by atoms with Crippen LogP contribution in [-0.2, 0) is 9.53 Å². The molecule has 0 radical (unpaired) electrons. The molecule has 1 rings (SSSR count). The molecule has 0 aromatic carbocycles. The van der Waals surface area contributed by atoms with Gasteiger partial charge in [0.1, 0.15) is 18.2 Å². The second-order valence-corrected chi connectivity index (χ2v) is 4.01. The quantitative estimate of drug-likeness (QED) is 0.475. The van der Waals surface area contributed by atoms with E-state index in [4.69, 9.17) is 30.9 Å². The topological polar surface area (TPSA) is 133 Å². The molecule has 1 saturated heterocycles. The van der Waals surface area contributed by atoms with Crippen LogP contribution in [0, 0.1) is 0 Å². The lowest BCUT2D eigenvalue weighted by atomic mass is 10.0. The van der Waals surface area contributed by atoms with Crippen LogP contribution >= 0.6 is 0 Å². The van der Waals surface area contributed by atoms with Gasteiger partial charge in [0, 0.05) is 13.0 Å². The van der Waals surface area contributed by atoms with Gasteiger partial charge in [-0.2, -0.15) is 0 Å². The molecule has 7 nitrogen and oxygen atoms in total. The van der Waals surface area contributed by atoms with E-state index in [-0.39, 0.29) is 6.61 Å². The van der Waals surface area contributed by atoms with Crippen LogP contribution in [-0.4, -0.2) is 70.4 Å². The van der Waals surface area contributed by atoms with E-state index in [0.717, 1.165) is 0 Å². The number of nitrogens with two attached hydrogens (primary N) is 1. The number of alkyl halides is 2. The summed E-state index contributed by atoms with van der Waals surface area (Å²) in [5.41, 5.74) is 4.74. The van der Waals surface area contributed by atoms with Crippen LogP contribution < -0.4 is 5.73 Å². The summed E-state index contributed by atoms with van der Waals surface area (Å²) in [6, 6.07) is -1.44. The van der Waals surface area contributed by atoms with Gasteiger partial charge in [0.05, 0.1) is 12.7 Å². The van der Waals surface area contributed by atoms with E-state index in [2.05, 4.69) is 0 Å². The molecule has 4 unspecified atom stereocenters. The normalized spacial score (nSPS) is 26.0. The molecule has 0 saturated carbocycles. The molecule has 0 bridgehead atoms. The number of hydrogen-bond donors (Lipinski definition) is 5.